The van der Waals surface area contributed by atoms with E-state index in [1.165, 1.54) is 18.2 Å². The predicted octanol–water partition coefficient (Wildman–Crippen LogP) is 3.04. The third kappa shape index (κ3) is 3.25. The van der Waals surface area contributed by atoms with Gasteiger partial charge in [-0.05, 0) is 25.1 Å². The highest BCUT2D eigenvalue weighted by molar-refractivity contribution is 6.42. The average Bonchev–Trinajstić information content (AvgIpc) is 2.23. The molecule has 0 saturated heterocycles. The van der Waals surface area contributed by atoms with Crippen molar-refractivity contribution in [3.05, 3.63) is 28.2 Å². The van der Waals surface area contributed by atoms with Crippen molar-refractivity contribution in [1.29, 1.82) is 0 Å². The highest BCUT2D eigenvalue weighted by Crippen LogP contribution is 2.27. The Morgan fingerprint density at radius 3 is 2.47 bits per heavy atom. The number of amides is 3. The molecular formula is C10H10Cl2N2O3. The second-order valence-corrected chi connectivity index (χ2v) is 3.79. The lowest BCUT2D eigenvalue weighted by Gasteiger charge is -2.18. The summed E-state index contributed by atoms with van der Waals surface area (Å²) in [4.78, 5) is 23.4. The Kier molecular flexibility index (Phi) is 4.60. The van der Waals surface area contributed by atoms with E-state index in [4.69, 9.17) is 33.7 Å². The zero-order valence-corrected chi connectivity index (χ0v) is 10.5. The molecule has 0 heterocycles. The van der Waals surface area contributed by atoms with E-state index in [-0.39, 0.29) is 17.3 Å². The lowest BCUT2D eigenvalue weighted by Crippen LogP contribution is -2.41. The van der Waals surface area contributed by atoms with Crippen molar-refractivity contribution in [2.24, 2.45) is 5.73 Å². The van der Waals surface area contributed by atoms with Crippen LogP contribution in [-0.4, -0.2) is 18.7 Å². The first-order chi connectivity index (χ1) is 7.97. The number of anilines is 1. The minimum absolute atomic E-state index is 0.129. The zero-order valence-electron chi connectivity index (χ0n) is 8.94. The zero-order chi connectivity index (χ0) is 13.0. The molecule has 0 aromatic heterocycles. The summed E-state index contributed by atoms with van der Waals surface area (Å²) >= 11 is 11.5. The molecule has 1 aromatic rings. The van der Waals surface area contributed by atoms with Gasteiger partial charge in [0.15, 0.2) is 0 Å². The number of urea groups is 1. The fraction of sp³-hybridized carbons (Fsp3) is 0.200. The van der Waals surface area contributed by atoms with Gasteiger partial charge in [-0.3, -0.25) is 0 Å². The maximum atomic E-state index is 11.5. The standard InChI is InChI=1S/C10H10Cl2N2O3/c1-2-17-10(16)14(9(13)15)6-3-4-7(11)8(12)5-6/h3-5H,2H2,1H3,(H2,13,15). The van der Waals surface area contributed by atoms with Crippen LogP contribution < -0.4 is 10.6 Å². The second kappa shape index (κ2) is 5.75. The number of ether oxygens (including phenoxy) is 1. The van der Waals surface area contributed by atoms with Gasteiger partial charge in [-0.15, -0.1) is 0 Å². The summed E-state index contributed by atoms with van der Waals surface area (Å²) < 4.78 is 4.70. The van der Waals surface area contributed by atoms with E-state index >= 15 is 0 Å². The number of imide groups is 1. The van der Waals surface area contributed by atoms with Crippen molar-refractivity contribution in [2.75, 3.05) is 11.5 Å². The van der Waals surface area contributed by atoms with Crippen molar-refractivity contribution >= 4 is 41.0 Å². The van der Waals surface area contributed by atoms with Gasteiger partial charge in [-0.2, -0.15) is 4.90 Å². The van der Waals surface area contributed by atoms with E-state index in [2.05, 4.69) is 0 Å². The fourth-order valence-electron chi connectivity index (χ4n) is 1.13. The Hall–Kier alpha value is -1.46. The number of benzene rings is 1. The molecule has 0 saturated carbocycles. The molecule has 1 aromatic carbocycles. The van der Waals surface area contributed by atoms with Gasteiger partial charge >= 0.3 is 12.1 Å². The largest absolute Gasteiger partial charge is 0.449 e. The van der Waals surface area contributed by atoms with Crippen LogP contribution in [0.5, 0.6) is 0 Å². The number of hydrogen-bond acceptors (Lipinski definition) is 3. The third-order valence-electron chi connectivity index (χ3n) is 1.83. The van der Waals surface area contributed by atoms with E-state index in [1.807, 2.05) is 0 Å². The molecule has 0 aliphatic rings. The Bertz CT molecular complexity index is 451. The van der Waals surface area contributed by atoms with Crippen LogP contribution in [0.3, 0.4) is 0 Å². The lowest BCUT2D eigenvalue weighted by molar-refractivity contribution is 0.160. The van der Waals surface area contributed by atoms with Gasteiger partial charge in [-0.25, -0.2) is 9.59 Å². The summed E-state index contributed by atoms with van der Waals surface area (Å²) in [6.45, 7) is 1.75. The topological polar surface area (TPSA) is 72.6 Å². The molecule has 2 N–H and O–H groups in total. The van der Waals surface area contributed by atoms with E-state index < -0.39 is 12.1 Å². The fourth-order valence-corrected chi connectivity index (χ4v) is 1.43. The molecule has 0 bridgehead atoms. The number of nitrogens with zero attached hydrogens (tertiary/aromatic N) is 1. The molecule has 0 aliphatic heterocycles. The Labute approximate surface area is 108 Å². The Balaban J connectivity index is 3.10. The van der Waals surface area contributed by atoms with Crippen LogP contribution in [0, 0.1) is 0 Å². The molecular weight excluding hydrogens is 267 g/mol. The first-order valence-corrected chi connectivity index (χ1v) is 5.44. The Morgan fingerprint density at radius 2 is 2.00 bits per heavy atom. The van der Waals surface area contributed by atoms with E-state index in [0.717, 1.165) is 0 Å². The summed E-state index contributed by atoms with van der Waals surface area (Å²) in [7, 11) is 0. The third-order valence-corrected chi connectivity index (χ3v) is 2.57. The van der Waals surface area contributed by atoms with Crippen LogP contribution >= 0.6 is 23.2 Å². The monoisotopic (exact) mass is 276 g/mol. The molecule has 0 atom stereocenters. The number of hydrogen-bond donors (Lipinski definition) is 1. The van der Waals surface area contributed by atoms with Crippen molar-refractivity contribution in [3.8, 4) is 0 Å². The molecule has 0 unspecified atom stereocenters. The van der Waals surface area contributed by atoms with Crippen molar-refractivity contribution in [1.82, 2.24) is 0 Å². The number of halogens is 2. The van der Waals surface area contributed by atoms with Crippen LogP contribution in [0.15, 0.2) is 18.2 Å². The molecule has 0 fully saturated rings. The van der Waals surface area contributed by atoms with Gasteiger partial charge in [0, 0.05) is 0 Å². The average molecular weight is 277 g/mol. The number of rotatable bonds is 2. The first kappa shape index (κ1) is 13.6. The molecule has 0 radical (unpaired) electrons. The van der Waals surface area contributed by atoms with Crippen molar-refractivity contribution < 1.29 is 14.3 Å². The van der Waals surface area contributed by atoms with Gasteiger partial charge in [-0.1, -0.05) is 23.2 Å². The molecule has 0 aliphatic carbocycles. The summed E-state index contributed by atoms with van der Waals surface area (Å²) in [5, 5.41) is 0.517. The SMILES string of the molecule is CCOC(=O)N(C(N)=O)c1ccc(Cl)c(Cl)c1. The highest BCUT2D eigenvalue weighted by Gasteiger charge is 2.22. The smallest absolute Gasteiger partial charge is 0.422 e. The Morgan fingerprint density at radius 1 is 1.35 bits per heavy atom. The molecule has 92 valence electrons. The number of carbonyl (C=O) groups excluding carboxylic acids is 2. The van der Waals surface area contributed by atoms with E-state index in [9.17, 15) is 9.59 Å². The first-order valence-electron chi connectivity index (χ1n) is 4.68. The predicted molar refractivity (Wildman–Crippen MR) is 65.5 cm³/mol. The number of primary amides is 1. The minimum atomic E-state index is -0.957. The number of nitrogens with two attached hydrogens (primary N) is 1. The van der Waals surface area contributed by atoms with Gasteiger partial charge < -0.3 is 10.5 Å². The van der Waals surface area contributed by atoms with E-state index in [0.29, 0.717) is 9.92 Å². The molecule has 5 nitrogen and oxygen atoms in total. The molecule has 3 amide bonds. The second-order valence-electron chi connectivity index (χ2n) is 2.97. The summed E-state index contributed by atoms with van der Waals surface area (Å²) in [6, 6.07) is 3.29. The van der Waals surface area contributed by atoms with Crippen LogP contribution in [0.4, 0.5) is 15.3 Å². The maximum Gasteiger partial charge on any atom is 0.422 e. The van der Waals surface area contributed by atoms with Crippen LogP contribution in [-0.2, 0) is 4.74 Å². The van der Waals surface area contributed by atoms with Crippen LogP contribution in [0.1, 0.15) is 6.92 Å². The molecule has 0 spiro atoms. The van der Waals surface area contributed by atoms with Crippen molar-refractivity contribution in [3.63, 3.8) is 0 Å². The summed E-state index contributed by atoms with van der Waals surface area (Å²) in [6.07, 6.45) is -0.863. The highest BCUT2D eigenvalue weighted by atomic mass is 35.5. The van der Waals surface area contributed by atoms with Crippen molar-refractivity contribution in [2.45, 2.75) is 6.92 Å². The summed E-state index contributed by atoms with van der Waals surface area (Å²) in [5.41, 5.74) is 5.30. The van der Waals surface area contributed by atoms with E-state index in [1.54, 1.807) is 6.92 Å². The van der Waals surface area contributed by atoms with Gasteiger partial charge in [0.25, 0.3) is 0 Å². The molecule has 7 heteroatoms. The van der Waals surface area contributed by atoms with Gasteiger partial charge in [0.05, 0.1) is 22.3 Å². The minimum Gasteiger partial charge on any atom is -0.449 e. The number of carbonyl (C=O) groups is 2. The normalized spacial score (nSPS) is 9.82. The van der Waals surface area contributed by atoms with Gasteiger partial charge in [0.1, 0.15) is 0 Å². The maximum absolute atomic E-state index is 11.5. The molecule has 1 rings (SSSR count). The van der Waals surface area contributed by atoms with Crippen LogP contribution in [0.2, 0.25) is 10.0 Å². The van der Waals surface area contributed by atoms with Crippen LogP contribution in [0.25, 0.3) is 0 Å². The lowest BCUT2D eigenvalue weighted by atomic mass is 10.3. The molecule has 17 heavy (non-hydrogen) atoms. The van der Waals surface area contributed by atoms with Gasteiger partial charge in [0.2, 0.25) is 0 Å². The summed E-state index contributed by atoms with van der Waals surface area (Å²) in [5.74, 6) is 0. The quantitative estimate of drug-likeness (QED) is 0.902.